The summed E-state index contributed by atoms with van der Waals surface area (Å²) < 4.78 is 13.0. The van der Waals surface area contributed by atoms with Crippen molar-refractivity contribution in [3.63, 3.8) is 0 Å². The second-order valence-corrected chi connectivity index (χ2v) is 7.65. The van der Waals surface area contributed by atoms with Crippen molar-refractivity contribution < 1.29 is 9.18 Å². The van der Waals surface area contributed by atoms with Crippen LogP contribution < -0.4 is 0 Å². The predicted molar refractivity (Wildman–Crippen MR) is 77.0 cm³/mol. The van der Waals surface area contributed by atoms with E-state index in [0.29, 0.717) is 17.0 Å². The lowest BCUT2D eigenvalue weighted by atomic mass is 9.65. The number of carbonyl (C=O) groups is 1. The van der Waals surface area contributed by atoms with Crippen LogP contribution in [0.2, 0.25) is 0 Å². The summed E-state index contributed by atoms with van der Waals surface area (Å²) in [6.07, 6.45) is 3.34. The molecule has 1 saturated heterocycles. The lowest BCUT2D eigenvalue weighted by molar-refractivity contribution is 0.0708. The van der Waals surface area contributed by atoms with E-state index >= 15 is 0 Å². The number of likely N-dealkylation sites (tertiary alicyclic amines) is 1. The summed E-state index contributed by atoms with van der Waals surface area (Å²) in [6, 6.07) is 6.24. The maximum Gasteiger partial charge on any atom is 0.254 e. The van der Waals surface area contributed by atoms with Crippen molar-refractivity contribution in [2.24, 2.45) is 10.8 Å². The quantitative estimate of drug-likeness (QED) is 0.762. The lowest BCUT2D eigenvalue weighted by Gasteiger charge is -2.39. The topological polar surface area (TPSA) is 20.3 Å². The Balaban J connectivity index is 1.85. The molecule has 1 aliphatic carbocycles. The van der Waals surface area contributed by atoms with Gasteiger partial charge >= 0.3 is 0 Å². The Morgan fingerprint density at radius 3 is 2.50 bits per heavy atom. The summed E-state index contributed by atoms with van der Waals surface area (Å²) in [5.41, 5.74) is 1.14. The van der Waals surface area contributed by atoms with E-state index in [2.05, 4.69) is 20.8 Å². The van der Waals surface area contributed by atoms with Crippen LogP contribution in [0.1, 0.15) is 50.4 Å². The average molecular weight is 275 g/mol. The van der Waals surface area contributed by atoms with Gasteiger partial charge in [-0.2, -0.15) is 0 Å². The predicted octanol–water partition coefficient (Wildman–Crippen LogP) is 3.87. The highest BCUT2D eigenvalue weighted by Gasteiger charge is 2.50. The molecule has 3 heteroatoms. The van der Waals surface area contributed by atoms with Crippen LogP contribution in [0.4, 0.5) is 4.39 Å². The van der Waals surface area contributed by atoms with Gasteiger partial charge in [-0.15, -0.1) is 0 Å². The zero-order valence-corrected chi connectivity index (χ0v) is 12.4. The van der Waals surface area contributed by atoms with E-state index in [1.807, 2.05) is 4.90 Å². The van der Waals surface area contributed by atoms with Gasteiger partial charge in [-0.05, 0) is 54.4 Å². The fourth-order valence-electron chi connectivity index (χ4n) is 4.46. The van der Waals surface area contributed by atoms with Crippen LogP contribution in [-0.2, 0) is 0 Å². The Morgan fingerprint density at radius 1 is 1.20 bits per heavy atom. The van der Waals surface area contributed by atoms with E-state index in [1.165, 1.54) is 18.6 Å². The summed E-state index contributed by atoms with van der Waals surface area (Å²) in [5, 5.41) is 0. The van der Waals surface area contributed by atoms with Crippen molar-refractivity contribution in [1.82, 2.24) is 4.90 Å². The van der Waals surface area contributed by atoms with Gasteiger partial charge in [-0.3, -0.25) is 4.79 Å². The number of rotatable bonds is 1. The molecule has 1 aromatic rings. The monoisotopic (exact) mass is 275 g/mol. The fraction of sp³-hybridized carbons (Fsp3) is 0.588. The van der Waals surface area contributed by atoms with Crippen LogP contribution in [-0.4, -0.2) is 23.4 Å². The first kappa shape index (κ1) is 13.6. The van der Waals surface area contributed by atoms with Gasteiger partial charge in [-0.1, -0.05) is 20.8 Å². The van der Waals surface area contributed by atoms with Gasteiger partial charge in [0.05, 0.1) is 0 Å². The van der Waals surface area contributed by atoms with E-state index in [9.17, 15) is 9.18 Å². The molecule has 1 aromatic carbocycles. The largest absolute Gasteiger partial charge is 0.335 e. The Morgan fingerprint density at radius 2 is 1.85 bits per heavy atom. The summed E-state index contributed by atoms with van der Waals surface area (Å²) in [6.45, 7) is 7.71. The van der Waals surface area contributed by atoms with Gasteiger partial charge in [0, 0.05) is 18.2 Å². The van der Waals surface area contributed by atoms with Gasteiger partial charge in [0.25, 0.3) is 5.91 Å². The van der Waals surface area contributed by atoms with Gasteiger partial charge in [0.2, 0.25) is 0 Å². The fourth-order valence-corrected chi connectivity index (χ4v) is 4.46. The van der Waals surface area contributed by atoms with Crippen molar-refractivity contribution >= 4 is 5.91 Å². The molecule has 0 spiro atoms. The zero-order valence-electron chi connectivity index (χ0n) is 12.4. The van der Waals surface area contributed by atoms with E-state index < -0.39 is 0 Å². The molecule has 2 fully saturated rings. The van der Waals surface area contributed by atoms with E-state index in [4.69, 9.17) is 0 Å². The molecular weight excluding hydrogens is 253 g/mol. The molecule has 1 heterocycles. The first-order chi connectivity index (χ1) is 9.28. The Labute approximate surface area is 120 Å². The van der Waals surface area contributed by atoms with Crippen LogP contribution in [0.15, 0.2) is 24.3 Å². The van der Waals surface area contributed by atoms with Crippen LogP contribution >= 0.6 is 0 Å². The molecule has 2 nitrogen and oxygen atoms in total. The van der Waals surface area contributed by atoms with Gasteiger partial charge in [0.1, 0.15) is 5.82 Å². The van der Waals surface area contributed by atoms with E-state index in [-0.39, 0.29) is 17.1 Å². The van der Waals surface area contributed by atoms with Gasteiger partial charge < -0.3 is 4.90 Å². The number of halogens is 1. The van der Waals surface area contributed by atoms with Crippen LogP contribution in [0, 0.1) is 16.6 Å². The summed E-state index contributed by atoms with van der Waals surface area (Å²) >= 11 is 0. The van der Waals surface area contributed by atoms with E-state index in [1.54, 1.807) is 12.1 Å². The minimum Gasteiger partial charge on any atom is -0.335 e. The maximum atomic E-state index is 13.0. The number of amides is 1. The Hall–Kier alpha value is -1.38. The number of fused-ring (bicyclic) bond motifs is 2. The van der Waals surface area contributed by atoms with E-state index in [0.717, 1.165) is 19.4 Å². The van der Waals surface area contributed by atoms with Crippen molar-refractivity contribution in [3.8, 4) is 0 Å². The third-order valence-electron chi connectivity index (χ3n) is 4.77. The third kappa shape index (κ3) is 2.34. The second-order valence-electron chi connectivity index (χ2n) is 7.65. The lowest BCUT2D eigenvalue weighted by Crippen LogP contribution is -2.37. The van der Waals surface area contributed by atoms with Crippen LogP contribution in [0.3, 0.4) is 0 Å². The molecule has 2 unspecified atom stereocenters. The maximum absolute atomic E-state index is 13.0. The third-order valence-corrected chi connectivity index (χ3v) is 4.77. The second kappa shape index (κ2) is 4.31. The number of nitrogens with zero attached hydrogens (tertiary/aromatic N) is 1. The minimum absolute atomic E-state index is 0.0522. The molecule has 2 aliphatic rings. The van der Waals surface area contributed by atoms with Crippen molar-refractivity contribution in [2.75, 3.05) is 6.54 Å². The summed E-state index contributed by atoms with van der Waals surface area (Å²) in [7, 11) is 0. The summed E-state index contributed by atoms with van der Waals surface area (Å²) in [4.78, 5) is 14.7. The molecule has 20 heavy (non-hydrogen) atoms. The van der Waals surface area contributed by atoms with Crippen LogP contribution in [0.25, 0.3) is 0 Å². The summed E-state index contributed by atoms with van der Waals surface area (Å²) in [5.74, 6) is -0.244. The number of benzene rings is 1. The molecule has 1 saturated carbocycles. The molecule has 0 radical (unpaired) electrons. The van der Waals surface area contributed by atoms with Crippen molar-refractivity contribution in [1.29, 1.82) is 0 Å². The molecule has 108 valence electrons. The Kier molecular flexibility index (Phi) is 2.93. The van der Waals surface area contributed by atoms with Crippen LogP contribution in [0.5, 0.6) is 0 Å². The first-order valence-electron chi connectivity index (χ1n) is 7.35. The minimum atomic E-state index is -0.296. The number of hydrogen-bond acceptors (Lipinski definition) is 1. The normalized spacial score (nSPS) is 31.4. The smallest absolute Gasteiger partial charge is 0.254 e. The van der Waals surface area contributed by atoms with Gasteiger partial charge in [0.15, 0.2) is 0 Å². The first-order valence-corrected chi connectivity index (χ1v) is 7.35. The highest BCUT2D eigenvalue weighted by molar-refractivity contribution is 5.94. The molecule has 0 aromatic heterocycles. The SMILES string of the molecule is CC1(C)CC2CC(C)(CN2C(=O)c2ccc(F)cc2)C1. The highest BCUT2D eigenvalue weighted by Crippen LogP contribution is 2.52. The molecular formula is C17H22FNO. The van der Waals surface area contributed by atoms with Gasteiger partial charge in [-0.25, -0.2) is 4.39 Å². The molecule has 0 N–H and O–H groups in total. The zero-order chi connectivity index (χ0) is 14.5. The molecule has 1 amide bonds. The highest BCUT2D eigenvalue weighted by atomic mass is 19.1. The standard InChI is InChI=1S/C17H22FNO/c1-16(2)8-14-9-17(3,10-16)11-19(14)15(20)12-4-6-13(18)7-5-12/h4-7,14H,8-11H2,1-3H3. The molecule has 3 rings (SSSR count). The molecule has 2 atom stereocenters. The molecule has 2 bridgehead atoms. The van der Waals surface area contributed by atoms with Crippen molar-refractivity contribution in [2.45, 2.75) is 46.1 Å². The van der Waals surface area contributed by atoms with Crippen molar-refractivity contribution in [3.05, 3.63) is 35.6 Å². The molecule has 1 aliphatic heterocycles. The number of hydrogen-bond donors (Lipinski definition) is 0. The Bertz CT molecular complexity index is 536. The number of carbonyl (C=O) groups excluding carboxylic acids is 1. The average Bonchev–Trinajstić information content (AvgIpc) is 2.58.